The number of methoxy groups -OCH3 is 1. The largest absolute Gasteiger partial charge is 0.496 e. The van der Waals surface area contributed by atoms with Gasteiger partial charge in [0.1, 0.15) is 5.75 Å². The Hall–Kier alpha value is -1.55. The summed E-state index contributed by atoms with van der Waals surface area (Å²) in [7, 11) is -0.897. The quantitative estimate of drug-likeness (QED) is 0.854. The molecular formula is C14H16O3S. The molecule has 0 saturated heterocycles. The molecule has 0 aromatic heterocycles. The van der Waals surface area contributed by atoms with Crippen molar-refractivity contribution in [3.8, 4) is 5.75 Å². The van der Waals surface area contributed by atoms with Crippen molar-refractivity contribution < 1.29 is 13.2 Å². The molecule has 1 aromatic carbocycles. The molecule has 0 radical (unpaired) electrons. The van der Waals surface area contributed by atoms with Crippen molar-refractivity contribution in [3.63, 3.8) is 0 Å². The Morgan fingerprint density at radius 2 is 2.00 bits per heavy atom. The van der Waals surface area contributed by atoms with Crippen LogP contribution >= 0.6 is 0 Å². The van der Waals surface area contributed by atoms with E-state index >= 15 is 0 Å². The van der Waals surface area contributed by atoms with Crippen LogP contribution in [0.3, 0.4) is 0 Å². The topological polar surface area (TPSA) is 43.4 Å². The molecule has 1 aromatic rings. The first-order chi connectivity index (χ1) is 8.72. The van der Waals surface area contributed by atoms with E-state index < -0.39 is 10.7 Å². The van der Waals surface area contributed by atoms with Gasteiger partial charge in [-0.25, -0.2) is 8.42 Å². The van der Waals surface area contributed by atoms with E-state index in [2.05, 4.69) is 0 Å². The number of ether oxygens (including phenoxy) is 1. The number of para-hydroxylation sites is 1. The Bertz CT molecular complexity index is 560. The number of rotatable bonds is 3. The zero-order valence-electron chi connectivity index (χ0n) is 10.3. The Labute approximate surface area is 109 Å². The van der Waals surface area contributed by atoms with Gasteiger partial charge in [-0.15, -0.1) is 0 Å². The molecule has 0 spiro atoms. The van der Waals surface area contributed by atoms with Crippen LogP contribution in [-0.2, 0) is 10.7 Å². The van der Waals surface area contributed by atoms with E-state index in [0.29, 0.717) is 4.91 Å². The minimum atomic E-state index is -2.52. The van der Waals surface area contributed by atoms with Gasteiger partial charge < -0.3 is 4.74 Å². The van der Waals surface area contributed by atoms with Crippen LogP contribution in [0.1, 0.15) is 24.8 Å². The van der Waals surface area contributed by atoms with Crippen LogP contribution in [0, 0.1) is 0 Å². The van der Waals surface area contributed by atoms with Gasteiger partial charge in [-0.1, -0.05) is 24.3 Å². The maximum Gasteiger partial charge on any atom is 0.167 e. The Balaban J connectivity index is 2.46. The smallest absolute Gasteiger partial charge is 0.167 e. The average molecular weight is 264 g/mol. The molecule has 0 atom stereocenters. The second-order valence-electron chi connectivity index (χ2n) is 4.15. The number of hydrogen-bond acceptors (Lipinski definition) is 3. The van der Waals surface area contributed by atoms with Gasteiger partial charge >= 0.3 is 0 Å². The highest BCUT2D eigenvalue weighted by molar-refractivity contribution is 7.77. The van der Waals surface area contributed by atoms with Crippen LogP contribution in [0.4, 0.5) is 0 Å². The summed E-state index contributed by atoms with van der Waals surface area (Å²) >= 11 is 0. The number of hydrogen-bond donors (Lipinski definition) is 1. The van der Waals surface area contributed by atoms with Crippen molar-refractivity contribution in [1.82, 2.24) is 0 Å². The number of benzene rings is 1. The van der Waals surface area contributed by atoms with Crippen LogP contribution in [0.15, 0.2) is 41.3 Å². The highest BCUT2D eigenvalue weighted by atomic mass is 32.2. The molecule has 1 aliphatic carbocycles. The third-order valence-electron chi connectivity index (χ3n) is 2.99. The summed E-state index contributed by atoms with van der Waals surface area (Å²) in [5, 5.41) is 0. The molecule has 4 heteroatoms. The molecule has 0 heterocycles. The van der Waals surface area contributed by atoms with Gasteiger partial charge in [0.25, 0.3) is 0 Å². The maximum atomic E-state index is 11.1. The lowest BCUT2D eigenvalue weighted by Crippen LogP contribution is -1.92. The van der Waals surface area contributed by atoms with Crippen LogP contribution in [0.25, 0.3) is 5.57 Å². The first-order valence-electron chi connectivity index (χ1n) is 5.91. The third kappa shape index (κ3) is 2.82. The second-order valence-corrected chi connectivity index (χ2v) is 5.18. The summed E-state index contributed by atoms with van der Waals surface area (Å²) in [5.41, 5.74) is 2.00. The fourth-order valence-electron chi connectivity index (χ4n) is 2.10. The number of allylic oxidation sites excluding steroid dienone is 3. The van der Waals surface area contributed by atoms with Crippen LogP contribution in [-0.4, -0.2) is 15.5 Å². The van der Waals surface area contributed by atoms with Crippen molar-refractivity contribution >= 4 is 16.3 Å². The summed E-state index contributed by atoms with van der Waals surface area (Å²) in [6.45, 7) is 0. The van der Waals surface area contributed by atoms with E-state index in [1.807, 2.05) is 24.3 Å². The normalized spacial score (nSPS) is 15.9. The lowest BCUT2D eigenvalue weighted by atomic mass is 10.0. The lowest BCUT2D eigenvalue weighted by molar-refractivity contribution is 0.413. The molecule has 0 N–H and O–H groups in total. The zero-order valence-corrected chi connectivity index (χ0v) is 11.2. The third-order valence-corrected chi connectivity index (χ3v) is 3.72. The molecule has 3 nitrogen and oxygen atoms in total. The minimum Gasteiger partial charge on any atom is -0.496 e. The average Bonchev–Trinajstić information content (AvgIpc) is 2.64. The standard InChI is InChI=1S/C14H16O3S/c1-17-14-9-5-4-8-13(14)11-6-2-3-7-12(10-11)18(15)16/h4-5,7-10,18H,2-3,6H2,1H3. The summed E-state index contributed by atoms with van der Waals surface area (Å²) < 4.78 is 27.6. The van der Waals surface area contributed by atoms with Crippen molar-refractivity contribution in [3.05, 3.63) is 46.9 Å². The molecule has 0 aliphatic heterocycles. The van der Waals surface area contributed by atoms with Crippen LogP contribution < -0.4 is 4.74 Å². The van der Waals surface area contributed by atoms with E-state index in [1.165, 1.54) is 0 Å². The molecule has 0 unspecified atom stereocenters. The monoisotopic (exact) mass is 264 g/mol. The highest BCUT2D eigenvalue weighted by Gasteiger charge is 2.11. The second kappa shape index (κ2) is 5.87. The summed E-state index contributed by atoms with van der Waals surface area (Å²) in [5.74, 6) is 0.783. The van der Waals surface area contributed by atoms with Crippen LogP contribution in [0.5, 0.6) is 5.75 Å². The summed E-state index contributed by atoms with van der Waals surface area (Å²) in [6.07, 6.45) is 6.17. The molecule has 0 saturated carbocycles. The lowest BCUT2D eigenvalue weighted by Gasteiger charge is -2.10. The molecule has 1 aliphatic rings. The molecule has 0 amide bonds. The number of thiol groups is 1. The Morgan fingerprint density at radius 3 is 2.72 bits per heavy atom. The zero-order chi connectivity index (χ0) is 13.0. The van der Waals surface area contributed by atoms with E-state index in [9.17, 15) is 8.42 Å². The van der Waals surface area contributed by atoms with Crippen molar-refractivity contribution in [1.29, 1.82) is 0 Å². The van der Waals surface area contributed by atoms with Crippen molar-refractivity contribution in [2.24, 2.45) is 0 Å². The van der Waals surface area contributed by atoms with Crippen molar-refractivity contribution in [2.45, 2.75) is 19.3 Å². The van der Waals surface area contributed by atoms with E-state index in [0.717, 1.165) is 36.1 Å². The fraction of sp³-hybridized carbons (Fsp3) is 0.286. The molecular weight excluding hydrogens is 248 g/mol. The minimum absolute atomic E-state index is 0.406. The van der Waals surface area contributed by atoms with Gasteiger partial charge in [-0.2, -0.15) is 0 Å². The first-order valence-corrected chi connectivity index (χ1v) is 7.08. The van der Waals surface area contributed by atoms with E-state index in [1.54, 1.807) is 19.3 Å². The van der Waals surface area contributed by atoms with Gasteiger partial charge in [0.05, 0.1) is 12.0 Å². The molecule has 2 rings (SSSR count). The van der Waals surface area contributed by atoms with E-state index in [4.69, 9.17) is 4.74 Å². The molecule has 96 valence electrons. The predicted octanol–water partition coefficient (Wildman–Crippen LogP) is 2.76. The SMILES string of the molecule is COc1ccccc1C1=CC([SH](=O)=O)=CCCC1. The Morgan fingerprint density at radius 1 is 1.22 bits per heavy atom. The summed E-state index contributed by atoms with van der Waals surface area (Å²) in [4.78, 5) is 0.406. The fourth-order valence-corrected chi connectivity index (χ4v) is 2.64. The van der Waals surface area contributed by atoms with Gasteiger partial charge in [-0.3, -0.25) is 0 Å². The molecule has 0 fully saturated rings. The molecule has 0 bridgehead atoms. The van der Waals surface area contributed by atoms with E-state index in [-0.39, 0.29) is 0 Å². The van der Waals surface area contributed by atoms with Gasteiger partial charge in [0.2, 0.25) is 0 Å². The maximum absolute atomic E-state index is 11.1. The van der Waals surface area contributed by atoms with Crippen LogP contribution in [0.2, 0.25) is 0 Å². The van der Waals surface area contributed by atoms with Gasteiger partial charge in [0.15, 0.2) is 10.7 Å². The van der Waals surface area contributed by atoms with Gasteiger partial charge in [-0.05, 0) is 37.0 Å². The summed E-state index contributed by atoms with van der Waals surface area (Å²) in [6, 6.07) is 7.70. The van der Waals surface area contributed by atoms with Gasteiger partial charge in [0, 0.05) is 5.56 Å². The predicted molar refractivity (Wildman–Crippen MR) is 73.2 cm³/mol. The Kier molecular flexibility index (Phi) is 4.20. The highest BCUT2D eigenvalue weighted by Crippen LogP contribution is 2.32. The molecule has 18 heavy (non-hydrogen) atoms. The first kappa shape index (κ1) is 12.9. The van der Waals surface area contributed by atoms with Crippen molar-refractivity contribution in [2.75, 3.05) is 7.11 Å².